The lowest BCUT2D eigenvalue weighted by atomic mass is 10.1. The minimum absolute atomic E-state index is 0.0360. The maximum atomic E-state index is 12.9. The number of aromatic carboxylic acids is 2. The highest BCUT2D eigenvalue weighted by molar-refractivity contribution is 7.99. The van der Waals surface area contributed by atoms with Gasteiger partial charge >= 0.3 is 11.9 Å². The molecule has 0 saturated carbocycles. The van der Waals surface area contributed by atoms with Gasteiger partial charge in [0.15, 0.2) is 0 Å². The first kappa shape index (κ1) is 25.7. The largest absolute Gasteiger partial charge is 0.478 e. The van der Waals surface area contributed by atoms with Crippen molar-refractivity contribution in [3.8, 4) is 0 Å². The zero-order valence-corrected chi connectivity index (χ0v) is 21.5. The van der Waals surface area contributed by atoms with Gasteiger partial charge in [-0.1, -0.05) is 11.8 Å². The van der Waals surface area contributed by atoms with Gasteiger partial charge in [0.25, 0.3) is 23.6 Å². The van der Waals surface area contributed by atoms with E-state index in [2.05, 4.69) is 0 Å². The van der Waals surface area contributed by atoms with Gasteiger partial charge in [0.1, 0.15) is 0 Å². The molecule has 11 heteroatoms. The Morgan fingerprint density at radius 2 is 0.829 bits per heavy atom. The molecule has 2 N–H and O–H groups in total. The van der Waals surface area contributed by atoms with Gasteiger partial charge in [-0.3, -0.25) is 19.2 Å². The average Bonchev–Trinajstić information content (AvgIpc) is 3.37. The minimum atomic E-state index is -1.20. The van der Waals surface area contributed by atoms with Crippen LogP contribution in [0.1, 0.15) is 62.1 Å². The molecule has 10 nitrogen and oxygen atoms in total. The molecule has 0 saturated heterocycles. The molecule has 0 aliphatic carbocycles. The number of nitrogens with zero attached hydrogens (tertiary/aromatic N) is 2. The summed E-state index contributed by atoms with van der Waals surface area (Å²) in [6.45, 7) is 0. The van der Waals surface area contributed by atoms with Crippen LogP contribution in [0.25, 0.3) is 0 Å². The molecular weight excluding hydrogens is 548 g/mol. The van der Waals surface area contributed by atoms with Gasteiger partial charge in [-0.15, -0.1) is 0 Å². The predicted molar refractivity (Wildman–Crippen MR) is 146 cm³/mol. The molecule has 0 unspecified atom stereocenters. The number of benzene rings is 4. The van der Waals surface area contributed by atoms with E-state index in [0.29, 0.717) is 11.4 Å². The highest BCUT2D eigenvalue weighted by Gasteiger charge is 2.38. The summed E-state index contributed by atoms with van der Waals surface area (Å²) in [7, 11) is 0. The SMILES string of the molecule is O=C(O)c1ccc2c(c1)C(=O)N(c1ccc(Sc3ccc(N4C(=O)c5ccc(C(=O)O)cc5C4=O)cc3)cc1)C2=O. The van der Waals surface area contributed by atoms with E-state index in [0.717, 1.165) is 19.6 Å². The summed E-state index contributed by atoms with van der Waals surface area (Å²) in [6, 6.07) is 21.0. The van der Waals surface area contributed by atoms with Crippen molar-refractivity contribution in [1.82, 2.24) is 0 Å². The summed E-state index contributed by atoms with van der Waals surface area (Å²) < 4.78 is 0. The molecule has 200 valence electrons. The van der Waals surface area contributed by atoms with Crippen molar-refractivity contribution < 1.29 is 39.0 Å². The third-order valence-electron chi connectivity index (χ3n) is 6.69. The van der Waals surface area contributed by atoms with Crippen molar-refractivity contribution >= 4 is 58.7 Å². The Labute approximate surface area is 235 Å². The van der Waals surface area contributed by atoms with E-state index in [1.165, 1.54) is 48.2 Å². The highest BCUT2D eigenvalue weighted by Crippen LogP contribution is 2.35. The monoisotopic (exact) mass is 564 g/mol. The van der Waals surface area contributed by atoms with Gasteiger partial charge < -0.3 is 10.2 Å². The van der Waals surface area contributed by atoms with Gasteiger partial charge in [-0.2, -0.15) is 0 Å². The lowest BCUT2D eigenvalue weighted by molar-refractivity contribution is 0.0686. The summed E-state index contributed by atoms with van der Waals surface area (Å²) in [6.07, 6.45) is 0. The Hall–Kier alpha value is -5.55. The van der Waals surface area contributed by atoms with Crippen molar-refractivity contribution in [2.75, 3.05) is 9.80 Å². The second-order valence-corrected chi connectivity index (χ2v) is 10.3. The van der Waals surface area contributed by atoms with Crippen LogP contribution in [0.4, 0.5) is 11.4 Å². The molecule has 4 aromatic rings. The molecule has 0 aromatic heterocycles. The number of rotatable bonds is 6. The second kappa shape index (κ2) is 9.57. The molecule has 41 heavy (non-hydrogen) atoms. The molecular formula is C30H16N2O8S. The Balaban J connectivity index is 1.17. The van der Waals surface area contributed by atoms with Crippen LogP contribution in [0.3, 0.4) is 0 Å². The van der Waals surface area contributed by atoms with E-state index >= 15 is 0 Å². The molecule has 2 aliphatic rings. The van der Waals surface area contributed by atoms with Gasteiger partial charge in [0.05, 0.1) is 44.8 Å². The zero-order valence-electron chi connectivity index (χ0n) is 20.7. The van der Waals surface area contributed by atoms with Gasteiger partial charge in [-0.25, -0.2) is 19.4 Å². The van der Waals surface area contributed by atoms with Crippen molar-refractivity contribution in [3.63, 3.8) is 0 Å². The second-order valence-electron chi connectivity index (χ2n) is 9.11. The van der Waals surface area contributed by atoms with Crippen LogP contribution in [0.2, 0.25) is 0 Å². The van der Waals surface area contributed by atoms with Crippen molar-refractivity contribution in [2.24, 2.45) is 0 Å². The fraction of sp³-hybridized carbons (Fsp3) is 0. The molecule has 0 fully saturated rings. The zero-order chi connectivity index (χ0) is 29.0. The van der Waals surface area contributed by atoms with Crippen LogP contribution in [0.15, 0.2) is 94.7 Å². The van der Waals surface area contributed by atoms with E-state index in [1.54, 1.807) is 48.5 Å². The quantitative estimate of drug-likeness (QED) is 0.314. The smallest absolute Gasteiger partial charge is 0.335 e. The number of fused-ring (bicyclic) bond motifs is 2. The number of carbonyl (C=O) groups is 6. The number of carbonyl (C=O) groups excluding carboxylic acids is 4. The van der Waals surface area contributed by atoms with Crippen molar-refractivity contribution in [2.45, 2.75) is 9.79 Å². The Morgan fingerprint density at radius 1 is 0.488 bits per heavy atom. The van der Waals surface area contributed by atoms with Crippen molar-refractivity contribution in [3.05, 3.63) is 118 Å². The minimum Gasteiger partial charge on any atom is -0.478 e. The number of hydrogen-bond acceptors (Lipinski definition) is 7. The van der Waals surface area contributed by atoms with E-state index in [1.807, 2.05) is 0 Å². The first-order chi connectivity index (χ1) is 19.6. The molecule has 2 heterocycles. The van der Waals surface area contributed by atoms with E-state index in [9.17, 15) is 39.0 Å². The molecule has 0 bridgehead atoms. The van der Waals surface area contributed by atoms with Crippen LogP contribution in [-0.2, 0) is 0 Å². The topological polar surface area (TPSA) is 149 Å². The van der Waals surface area contributed by atoms with E-state index in [-0.39, 0.29) is 33.4 Å². The molecule has 4 aromatic carbocycles. The highest BCUT2D eigenvalue weighted by atomic mass is 32.2. The first-order valence-electron chi connectivity index (χ1n) is 12.0. The summed E-state index contributed by atoms with van der Waals surface area (Å²) in [5, 5.41) is 18.4. The predicted octanol–water partition coefficient (Wildman–Crippen LogP) is 4.84. The van der Waals surface area contributed by atoms with Crippen LogP contribution < -0.4 is 9.80 Å². The third kappa shape index (κ3) is 4.24. The molecule has 0 radical (unpaired) electrons. The number of amides is 4. The molecule has 6 rings (SSSR count). The van der Waals surface area contributed by atoms with Crippen LogP contribution in [0, 0.1) is 0 Å². The van der Waals surface area contributed by atoms with Crippen LogP contribution in [0.5, 0.6) is 0 Å². The van der Waals surface area contributed by atoms with Crippen LogP contribution in [-0.4, -0.2) is 45.8 Å². The number of carboxylic acids is 2. The first-order valence-corrected chi connectivity index (χ1v) is 12.9. The Bertz CT molecular complexity index is 1710. The number of carboxylic acid groups (broad SMARTS) is 2. The normalized spacial score (nSPS) is 14.0. The summed E-state index contributed by atoms with van der Waals surface area (Å²) in [4.78, 5) is 77.6. The lowest BCUT2D eigenvalue weighted by Crippen LogP contribution is -2.29. The van der Waals surface area contributed by atoms with Gasteiger partial charge in [0, 0.05) is 9.79 Å². The maximum absolute atomic E-state index is 12.9. The maximum Gasteiger partial charge on any atom is 0.335 e. The third-order valence-corrected chi connectivity index (χ3v) is 7.71. The van der Waals surface area contributed by atoms with E-state index in [4.69, 9.17) is 0 Å². The summed E-state index contributed by atoms with van der Waals surface area (Å²) in [5.74, 6) is -4.67. The molecule has 0 atom stereocenters. The fourth-order valence-electron chi connectivity index (χ4n) is 4.68. The van der Waals surface area contributed by atoms with Crippen molar-refractivity contribution in [1.29, 1.82) is 0 Å². The number of imide groups is 2. The summed E-state index contributed by atoms with van der Waals surface area (Å²) >= 11 is 1.37. The Morgan fingerprint density at radius 3 is 1.17 bits per heavy atom. The Kier molecular flexibility index (Phi) is 6.00. The molecule has 0 spiro atoms. The fourth-order valence-corrected chi connectivity index (χ4v) is 5.50. The number of anilines is 2. The van der Waals surface area contributed by atoms with Gasteiger partial charge in [-0.05, 0) is 84.9 Å². The van der Waals surface area contributed by atoms with Gasteiger partial charge in [0.2, 0.25) is 0 Å². The standard InChI is InChI=1S/C30H16N2O8S/c33-25-21-11-1-15(29(37)38)13-23(21)27(35)31(25)17-3-7-19(8-4-17)41-20-9-5-18(6-10-20)32-26(34)22-12-2-16(30(39)40)14-24(22)28(32)36/h1-14H,(H,37,38)(H,39,40). The molecule has 4 amide bonds. The average molecular weight is 565 g/mol. The van der Waals surface area contributed by atoms with Crippen LogP contribution >= 0.6 is 11.8 Å². The molecule has 2 aliphatic heterocycles. The number of hydrogen-bond donors (Lipinski definition) is 2. The van der Waals surface area contributed by atoms with E-state index < -0.39 is 35.6 Å². The summed E-state index contributed by atoms with van der Waals surface area (Å²) in [5.41, 5.74) is 0.856. The lowest BCUT2D eigenvalue weighted by Gasteiger charge is -2.15.